The molecule has 0 saturated heterocycles. The molecule has 0 bridgehead atoms. The summed E-state index contributed by atoms with van der Waals surface area (Å²) >= 11 is 0. The van der Waals surface area contributed by atoms with Crippen molar-refractivity contribution in [3.8, 4) is 0 Å². The third kappa shape index (κ3) is 4.99. The van der Waals surface area contributed by atoms with Gasteiger partial charge >= 0.3 is 5.97 Å². The molecule has 1 rings (SSSR count). The maximum absolute atomic E-state index is 11.5. The predicted octanol–water partition coefficient (Wildman–Crippen LogP) is 3.05. The number of rotatable bonds is 7. The first-order valence-corrected chi connectivity index (χ1v) is 6.18. The molecule has 0 spiro atoms. The van der Waals surface area contributed by atoms with Crippen LogP contribution in [0.1, 0.15) is 42.6 Å². The molecule has 4 heteroatoms. The summed E-state index contributed by atoms with van der Waals surface area (Å²) in [5.74, 6) is -0.354. The average Bonchev–Trinajstić information content (AvgIpc) is 2.39. The van der Waals surface area contributed by atoms with Crippen LogP contribution in [-0.4, -0.2) is 24.2 Å². The maximum Gasteiger partial charge on any atom is 0.339 e. The van der Waals surface area contributed by atoms with Crippen LogP contribution >= 0.6 is 0 Å². The third-order valence-electron chi connectivity index (χ3n) is 2.24. The third-order valence-corrected chi connectivity index (χ3v) is 2.24. The molecule has 0 fully saturated rings. The monoisotopic (exact) mass is 249 g/mol. The Morgan fingerprint density at radius 2 is 2.22 bits per heavy atom. The van der Waals surface area contributed by atoms with Gasteiger partial charge in [0.1, 0.15) is 0 Å². The molecule has 1 aromatic heterocycles. The lowest BCUT2D eigenvalue weighted by Gasteiger charge is -2.02. The van der Waals surface area contributed by atoms with Gasteiger partial charge in [0.15, 0.2) is 0 Å². The van der Waals surface area contributed by atoms with Crippen LogP contribution < -0.4 is 0 Å². The van der Waals surface area contributed by atoms with E-state index < -0.39 is 0 Å². The topological polar surface area (TPSA) is 48.4 Å². The van der Waals surface area contributed by atoms with Crippen LogP contribution in [0, 0.1) is 0 Å². The summed E-state index contributed by atoms with van der Waals surface area (Å²) in [6, 6.07) is 1.73. The minimum absolute atomic E-state index is 0.354. The minimum Gasteiger partial charge on any atom is -0.501 e. The predicted molar refractivity (Wildman–Crippen MR) is 70.1 cm³/mol. The van der Waals surface area contributed by atoms with Gasteiger partial charge in [-0.1, -0.05) is 13.3 Å². The van der Waals surface area contributed by atoms with Crippen molar-refractivity contribution in [1.29, 1.82) is 0 Å². The molecule has 1 aromatic rings. The van der Waals surface area contributed by atoms with E-state index in [1.807, 2.05) is 0 Å². The summed E-state index contributed by atoms with van der Waals surface area (Å²) in [6.07, 6.45) is 8.71. The number of hydrogen-bond donors (Lipinski definition) is 0. The van der Waals surface area contributed by atoms with E-state index in [9.17, 15) is 4.79 Å². The first-order chi connectivity index (χ1) is 8.77. The number of aromatic nitrogens is 1. The Balaban J connectivity index is 2.56. The Labute approximate surface area is 108 Å². The quantitative estimate of drug-likeness (QED) is 0.423. The second-order valence-electron chi connectivity index (χ2n) is 3.75. The first kappa shape index (κ1) is 14.2. The van der Waals surface area contributed by atoms with E-state index in [4.69, 9.17) is 9.47 Å². The molecule has 0 amide bonds. The van der Waals surface area contributed by atoms with E-state index in [0.29, 0.717) is 18.8 Å². The van der Waals surface area contributed by atoms with Crippen LogP contribution in [0.2, 0.25) is 0 Å². The molecule has 0 aliphatic heterocycles. The molecule has 0 aromatic carbocycles. The minimum atomic E-state index is -0.354. The Morgan fingerprint density at radius 3 is 2.94 bits per heavy atom. The number of hydrogen-bond acceptors (Lipinski definition) is 4. The summed E-state index contributed by atoms with van der Waals surface area (Å²) in [5.41, 5.74) is 1.27. The van der Waals surface area contributed by atoms with E-state index >= 15 is 0 Å². The highest BCUT2D eigenvalue weighted by atomic mass is 16.5. The highest BCUT2D eigenvalue weighted by molar-refractivity contribution is 5.89. The van der Waals surface area contributed by atoms with Crippen molar-refractivity contribution in [2.45, 2.75) is 26.7 Å². The molecule has 0 atom stereocenters. The lowest BCUT2D eigenvalue weighted by atomic mass is 10.2. The molecule has 4 nitrogen and oxygen atoms in total. The lowest BCUT2D eigenvalue weighted by Crippen LogP contribution is -2.05. The van der Waals surface area contributed by atoms with Crippen LogP contribution in [0.25, 0.3) is 6.08 Å². The molecule has 0 aliphatic carbocycles. The van der Waals surface area contributed by atoms with E-state index in [-0.39, 0.29) is 5.97 Å². The van der Waals surface area contributed by atoms with Crippen molar-refractivity contribution in [2.24, 2.45) is 0 Å². The van der Waals surface area contributed by atoms with Crippen molar-refractivity contribution in [3.05, 3.63) is 35.8 Å². The van der Waals surface area contributed by atoms with Gasteiger partial charge in [-0.2, -0.15) is 0 Å². The number of pyridine rings is 1. The summed E-state index contributed by atoms with van der Waals surface area (Å²) < 4.78 is 10.2. The standard InChI is InChI=1S/C14H19NO3/c1-3-5-7-17-8-6-12-9-13(11-15-10-12)14(16)18-4-2/h6,8-11H,3-5,7H2,1-2H3/b8-6+. The molecule has 0 radical (unpaired) electrons. The summed E-state index contributed by atoms with van der Waals surface area (Å²) in [5, 5.41) is 0. The Kier molecular flexibility index (Phi) is 6.54. The molecule has 18 heavy (non-hydrogen) atoms. The van der Waals surface area contributed by atoms with Crippen molar-refractivity contribution >= 4 is 12.0 Å². The highest BCUT2D eigenvalue weighted by Crippen LogP contribution is 2.06. The van der Waals surface area contributed by atoms with Crippen LogP contribution in [-0.2, 0) is 9.47 Å². The summed E-state index contributed by atoms with van der Waals surface area (Å²) in [6.45, 7) is 4.95. The van der Waals surface area contributed by atoms with Crippen LogP contribution in [0.5, 0.6) is 0 Å². The van der Waals surface area contributed by atoms with Crippen LogP contribution in [0.4, 0.5) is 0 Å². The highest BCUT2D eigenvalue weighted by Gasteiger charge is 2.06. The van der Waals surface area contributed by atoms with Gasteiger partial charge in [-0.15, -0.1) is 0 Å². The van der Waals surface area contributed by atoms with E-state index in [1.165, 1.54) is 6.20 Å². The average molecular weight is 249 g/mol. The van der Waals surface area contributed by atoms with Gasteiger partial charge in [0.2, 0.25) is 0 Å². The van der Waals surface area contributed by atoms with Crippen molar-refractivity contribution < 1.29 is 14.3 Å². The number of carbonyl (C=O) groups excluding carboxylic acids is 1. The van der Waals surface area contributed by atoms with E-state index in [0.717, 1.165) is 18.4 Å². The Bertz CT molecular complexity index is 402. The zero-order chi connectivity index (χ0) is 13.2. The fourth-order valence-electron chi connectivity index (χ4n) is 1.30. The molecule has 0 N–H and O–H groups in total. The normalized spacial score (nSPS) is 10.6. The summed E-state index contributed by atoms with van der Waals surface area (Å²) in [4.78, 5) is 15.5. The molecule has 0 unspecified atom stereocenters. The van der Waals surface area contributed by atoms with Crippen molar-refractivity contribution in [2.75, 3.05) is 13.2 Å². The summed E-state index contributed by atoms with van der Waals surface area (Å²) in [7, 11) is 0. The van der Waals surface area contributed by atoms with Gasteiger partial charge in [-0.05, 0) is 31.1 Å². The van der Waals surface area contributed by atoms with E-state index in [1.54, 1.807) is 31.5 Å². The SMILES string of the molecule is CCCCO/C=C/c1cncc(C(=O)OCC)c1. The molecule has 0 saturated carbocycles. The Morgan fingerprint density at radius 1 is 1.39 bits per heavy atom. The van der Waals surface area contributed by atoms with Crippen LogP contribution in [0.3, 0.4) is 0 Å². The van der Waals surface area contributed by atoms with Crippen LogP contribution in [0.15, 0.2) is 24.7 Å². The fraction of sp³-hybridized carbons (Fsp3) is 0.429. The Hall–Kier alpha value is -1.84. The fourth-order valence-corrected chi connectivity index (χ4v) is 1.30. The zero-order valence-corrected chi connectivity index (χ0v) is 10.9. The molecule has 98 valence electrons. The maximum atomic E-state index is 11.5. The number of ether oxygens (including phenoxy) is 2. The number of unbranched alkanes of at least 4 members (excludes halogenated alkanes) is 1. The van der Waals surface area contributed by atoms with Crippen molar-refractivity contribution in [1.82, 2.24) is 4.98 Å². The number of carbonyl (C=O) groups is 1. The smallest absolute Gasteiger partial charge is 0.339 e. The van der Waals surface area contributed by atoms with Gasteiger partial charge in [-0.3, -0.25) is 4.98 Å². The second kappa shape index (κ2) is 8.28. The number of esters is 1. The van der Waals surface area contributed by atoms with Gasteiger partial charge in [0, 0.05) is 12.4 Å². The largest absolute Gasteiger partial charge is 0.501 e. The molecule has 0 aliphatic rings. The number of nitrogens with zero attached hydrogens (tertiary/aromatic N) is 1. The van der Waals surface area contributed by atoms with Gasteiger partial charge in [0.25, 0.3) is 0 Å². The zero-order valence-electron chi connectivity index (χ0n) is 10.9. The first-order valence-electron chi connectivity index (χ1n) is 6.18. The molecule has 1 heterocycles. The van der Waals surface area contributed by atoms with E-state index in [2.05, 4.69) is 11.9 Å². The van der Waals surface area contributed by atoms with Gasteiger partial charge in [0.05, 0.1) is 25.0 Å². The lowest BCUT2D eigenvalue weighted by molar-refractivity contribution is 0.0526. The molecular weight excluding hydrogens is 230 g/mol. The van der Waals surface area contributed by atoms with Crippen molar-refractivity contribution in [3.63, 3.8) is 0 Å². The van der Waals surface area contributed by atoms with Gasteiger partial charge in [-0.25, -0.2) is 4.79 Å². The second-order valence-corrected chi connectivity index (χ2v) is 3.75. The van der Waals surface area contributed by atoms with Gasteiger partial charge < -0.3 is 9.47 Å². The molecular formula is C14H19NO3.